The molecular weight excluding hydrogens is 376 g/mol. The van der Waals surface area contributed by atoms with E-state index in [0.29, 0.717) is 24.2 Å². The van der Waals surface area contributed by atoms with Gasteiger partial charge in [-0.3, -0.25) is 9.48 Å². The molecule has 0 spiro atoms. The number of rotatable bonds is 4. The number of halogens is 2. The van der Waals surface area contributed by atoms with Crippen LogP contribution in [0, 0.1) is 40.7 Å². The molecule has 3 fully saturated rings. The molecule has 6 rings (SSSR count). The molecule has 29 heavy (non-hydrogen) atoms. The maximum Gasteiger partial charge on any atom is 0.249 e. The standard InChI is InChI=1S/C21H19F2N5O/c1-13-8-27(26-17(13)7-24)12-20-9-21(10-20,11-20)19(29)28-18(2-3-25-28)14-4-15(22)6-16(23)5-14/h3-6,8,18H,2,9-12H2,1H3. The summed E-state index contributed by atoms with van der Waals surface area (Å²) >= 11 is 0. The van der Waals surface area contributed by atoms with Crippen molar-refractivity contribution in [1.29, 1.82) is 5.26 Å². The predicted molar refractivity (Wildman–Crippen MR) is 99.5 cm³/mol. The van der Waals surface area contributed by atoms with Gasteiger partial charge in [-0.25, -0.2) is 13.8 Å². The van der Waals surface area contributed by atoms with E-state index in [1.165, 1.54) is 17.1 Å². The second kappa shape index (κ2) is 5.96. The highest BCUT2D eigenvalue weighted by Crippen LogP contribution is 2.74. The van der Waals surface area contributed by atoms with Crippen LogP contribution in [-0.2, 0) is 11.3 Å². The van der Waals surface area contributed by atoms with E-state index in [4.69, 9.17) is 5.26 Å². The lowest BCUT2D eigenvalue weighted by Gasteiger charge is -2.69. The van der Waals surface area contributed by atoms with Gasteiger partial charge in [0.1, 0.15) is 17.7 Å². The maximum atomic E-state index is 13.6. The second-order valence-electron chi connectivity index (χ2n) is 8.68. The number of nitriles is 1. The van der Waals surface area contributed by atoms with Crippen LogP contribution in [-0.4, -0.2) is 26.9 Å². The monoisotopic (exact) mass is 395 g/mol. The Morgan fingerprint density at radius 3 is 2.59 bits per heavy atom. The minimum atomic E-state index is -0.657. The quantitative estimate of drug-likeness (QED) is 0.796. The minimum absolute atomic E-state index is 0.0325. The Morgan fingerprint density at radius 2 is 1.97 bits per heavy atom. The van der Waals surface area contributed by atoms with Gasteiger partial charge in [0.2, 0.25) is 5.91 Å². The summed E-state index contributed by atoms with van der Waals surface area (Å²) in [7, 11) is 0. The highest BCUT2D eigenvalue weighted by Gasteiger charge is 2.72. The Bertz CT molecular complexity index is 1060. The van der Waals surface area contributed by atoms with Crippen LogP contribution in [0.5, 0.6) is 0 Å². The fraction of sp³-hybridized carbons (Fsp3) is 0.429. The SMILES string of the molecule is Cc1cn(CC23CC(C(=O)N4N=CCC4c4cc(F)cc(F)c4)(C2)C3)nc1C#N. The number of benzene rings is 1. The summed E-state index contributed by atoms with van der Waals surface area (Å²) in [5, 5.41) is 19.0. The molecule has 0 radical (unpaired) electrons. The highest BCUT2D eigenvalue weighted by atomic mass is 19.1. The number of amides is 1. The van der Waals surface area contributed by atoms with Gasteiger partial charge in [-0.05, 0) is 49.3 Å². The Morgan fingerprint density at radius 1 is 1.28 bits per heavy atom. The van der Waals surface area contributed by atoms with Crippen molar-refractivity contribution in [3.63, 3.8) is 0 Å². The molecule has 1 amide bonds. The zero-order valence-corrected chi connectivity index (χ0v) is 15.9. The molecule has 1 aromatic carbocycles. The first-order valence-corrected chi connectivity index (χ1v) is 9.59. The molecular formula is C21H19F2N5O. The number of aromatic nitrogens is 2. The Hall–Kier alpha value is -3.08. The van der Waals surface area contributed by atoms with Crippen molar-refractivity contribution in [2.75, 3.05) is 0 Å². The summed E-state index contributed by atoms with van der Waals surface area (Å²) in [6.07, 6.45) is 6.18. The fourth-order valence-corrected chi connectivity index (χ4v) is 5.35. The Kier molecular flexibility index (Phi) is 3.69. The molecule has 6 nitrogen and oxygen atoms in total. The summed E-state index contributed by atoms with van der Waals surface area (Å²) in [5.41, 5.74) is 1.29. The third-order valence-corrected chi connectivity index (χ3v) is 6.45. The van der Waals surface area contributed by atoms with Crippen LogP contribution < -0.4 is 0 Å². The normalized spacial score (nSPS) is 29.3. The van der Waals surface area contributed by atoms with Crippen molar-refractivity contribution in [2.24, 2.45) is 15.9 Å². The number of hydrazone groups is 1. The van der Waals surface area contributed by atoms with Crippen molar-refractivity contribution in [1.82, 2.24) is 14.8 Å². The molecule has 2 aromatic rings. The largest absolute Gasteiger partial charge is 0.272 e. The van der Waals surface area contributed by atoms with Crippen molar-refractivity contribution in [2.45, 2.75) is 45.2 Å². The molecule has 0 N–H and O–H groups in total. The van der Waals surface area contributed by atoms with Gasteiger partial charge in [0, 0.05) is 37.0 Å². The summed E-state index contributed by atoms with van der Waals surface area (Å²) < 4.78 is 29.1. The summed E-state index contributed by atoms with van der Waals surface area (Å²) in [4.78, 5) is 13.2. The first-order valence-electron chi connectivity index (χ1n) is 9.59. The Labute approximate surface area is 166 Å². The average molecular weight is 395 g/mol. The van der Waals surface area contributed by atoms with Crippen molar-refractivity contribution >= 4 is 12.1 Å². The maximum absolute atomic E-state index is 13.6. The first-order chi connectivity index (χ1) is 13.8. The van der Waals surface area contributed by atoms with Gasteiger partial charge in [0.25, 0.3) is 0 Å². The lowest BCUT2D eigenvalue weighted by molar-refractivity contribution is -0.223. The molecule has 2 heterocycles. The molecule has 1 aliphatic heterocycles. The third kappa shape index (κ3) is 2.68. The van der Waals surface area contributed by atoms with Crippen LogP contribution in [0.15, 0.2) is 29.5 Å². The van der Waals surface area contributed by atoms with Crippen LogP contribution in [0.4, 0.5) is 8.78 Å². The molecule has 4 aliphatic rings. The average Bonchev–Trinajstić information content (AvgIpc) is 3.21. The first kappa shape index (κ1) is 18.0. The Balaban J connectivity index is 1.29. The van der Waals surface area contributed by atoms with Crippen molar-refractivity contribution in [3.05, 3.63) is 52.9 Å². The van der Waals surface area contributed by atoms with Crippen molar-refractivity contribution < 1.29 is 13.6 Å². The number of carbonyl (C=O) groups excluding carboxylic acids is 1. The van der Waals surface area contributed by atoms with E-state index in [0.717, 1.165) is 30.9 Å². The van der Waals surface area contributed by atoms with Crippen LogP contribution in [0.25, 0.3) is 0 Å². The van der Waals surface area contributed by atoms with Crippen LogP contribution in [0.3, 0.4) is 0 Å². The lowest BCUT2D eigenvalue weighted by atomic mass is 9.34. The third-order valence-electron chi connectivity index (χ3n) is 6.45. The molecule has 3 aliphatic carbocycles. The molecule has 1 unspecified atom stereocenters. The van der Waals surface area contributed by atoms with Crippen LogP contribution >= 0.6 is 0 Å². The van der Waals surface area contributed by atoms with E-state index >= 15 is 0 Å². The summed E-state index contributed by atoms with van der Waals surface area (Å²) in [6, 6.07) is 4.96. The van der Waals surface area contributed by atoms with Crippen molar-refractivity contribution in [3.8, 4) is 6.07 Å². The molecule has 1 aromatic heterocycles. The van der Waals surface area contributed by atoms with Crippen LogP contribution in [0.2, 0.25) is 0 Å². The van der Waals surface area contributed by atoms with E-state index in [1.807, 2.05) is 13.1 Å². The molecule has 0 saturated heterocycles. The van der Waals surface area contributed by atoms with E-state index in [-0.39, 0.29) is 11.3 Å². The van der Waals surface area contributed by atoms with Gasteiger partial charge in [0.15, 0.2) is 5.69 Å². The summed E-state index contributed by atoms with van der Waals surface area (Å²) in [5.74, 6) is -1.39. The number of nitrogens with zero attached hydrogens (tertiary/aromatic N) is 5. The van der Waals surface area contributed by atoms with Gasteiger partial charge < -0.3 is 0 Å². The number of hydrogen-bond donors (Lipinski definition) is 0. The minimum Gasteiger partial charge on any atom is -0.272 e. The van der Waals surface area contributed by atoms with Gasteiger partial charge in [-0.1, -0.05) is 0 Å². The van der Waals surface area contributed by atoms with E-state index < -0.39 is 23.1 Å². The number of aryl methyl sites for hydroxylation is 1. The van der Waals surface area contributed by atoms with Gasteiger partial charge in [-0.15, -0.1) is 0 Å². The molecule has 8 heteroatoms. The zero-order valence-electron chi connectivity index (χ0n) is 15.9. The zero-order chi connectivity index (χ0) is 20.4. The lowest BCUT2D eigenvalue weighted by Crippen LogP contribution is -2.68. The molecule has 2 bridgehead atoms. The van der Waals surface area contributed by atoms with E-state index in [1.54, 1.807) is 10.9 Å². The van der Waals surface area contributed by atoms with Gasteiger partial charge in [0.05, 0.1) is 11.5 Å². The smallest absolute Gasteiger partial charge is 0.249 e. The summed E-state index contributed by atoms with van der Waals surface area (Å²) in [6.45, 7) is 2.54. The van der Waals surface area contributed by atoms with Gasteiger partial charge >= 0.3 is 0 Å². The molecule has 148 valence electrons. The van der Waals surface area contributed by atoms with E-state index in [9.17, 15) is 13.6 Å². The molecule has 1 atom stereocenters. The van der Waals surface area contributed by atoms with Gasteiger partial charge in [-0.2, -0.15) is 15.5 Å². The van der Waals surface area contributed by atoms with Crippen LogP contribution in [0.1, 0.15) is 48.5 Å². The number of carbonyl (C=O) groups is 1. The topological polar surface area (TPSA) is 74.3 Å². The highest BCUT2D eigenvalue weighted by molar-refractivity contribution is 5.88. The fourth-order valence-electron chi connectivity index (χ4n) is 5.35. The number of hydrogen-bond acceptors (Lipinski definition) is 4. The predicted octanol–water partition coefficient (Wildman–Crippen LogP) is 3.47. The molecule has 3 saturated carbocycles. The van der Waals surface area contributed by atoms with E-state index in [2.05, 4.69) is 16.3 Å². The second-order valence-corrected chi connectivity index (χ2v) is 8.68.